The molecule has 0 aliphatic carbocycles. The zero-order valence-electron chi connectivity index (χ0n) is 16.3. The number of nitrogens with zero attached hydrogens (tertiary/aromatic N) is 2. The lowest BCUT2D eigenvalue weighted by atomic mass is 10.0. The van der Waals surface area contributed by atoms with Crippen LogP contribution in [0.1, 0.15) is 22.3 Å². The third-order valence-electron chi connectivity index (χ3n) is 4.46. The second-order valence-corrected chi connectivity index (χ2v) is 7.55. The number of carbonyl (C=O) groups is 1. The minimum Gasteiger partial charge on any atom is -0.495 e. The van der Waals surface area contributed by atoms with Gasteiger partial charge in [0, 0.05) is 5.39 Å². The van der Waals surface area contributed by atoms with Gasteiger partial charge in [-0.3, -0.25) is 4.79 Å². The molecule has 0 aliphatic rings. The highest BCUT2D eigenvalue weighted by Crippen LogP contribution is 2.29. The van der Waals surface area contributed by atoms with Crippen LogP contribution in [0, 0.1) is 32.1 Å². The average Bonchev–Trinajstić information content (AvgIpc) is 2.69. The van der Waals surface area contributed by atoms with Crippen LogP contribution in [0.5, 0.6) is 5.75 Å². The number of fused-ring (bicyclic) bond motifs is 1. The van der Waals surface area contributed by atoms with Crippen molar-refractivity contribution in [2.75, 3.05) is 18.2 Å². The van der Waals surface area contributed by atoms with Crippen LogP contribution in [0.2, 0.25) is 0 Å². The van der Waals surface area contributed by atoms with Gasteiger partial charge in [0.1, 0.15) is 16.8 Å². The van der Waals surface area contributed by atoms with Crippen LogP contribution in [-0.2, 0) is 4.79 Å². The van der Waals surface area contributed by atoms with E-state index in [9.17, 15) is 10.1 Å². The fourth-order valence-electron chi connectivity index (χ4n) is 2.95. The number of anilines is 1. The zero-order chi connectivity index (χ0) is 20.3. The summed E-state index contributed by atoms with van der Waals surface area (Å²) >= 11 is 1.26. The van der Waals surface area contributed by atoms with Crippen molar-refractivity contribution in [2.24, 2.45) is 0 Å². The van der Waals surface area contributed by atoms with E-state index in [-0.39, 0.29) is 11.7 Å². The molecule has 2 aromatic carbocycles. The third kappa shape index (κ3) is 4.10. The maximum atomic E-state index is 12.5. The summed E-state index contributed by atoms with van der Waals surface area (Å²) in [5.74, 6) is 0.576. The summed E-state index contributed by atoms with van der Waals surface area (Å²) in [5, 5.41) is 13.9. The first-order chi connectivity index (χ1) is 13.4. The summed E-state index contributed by atoms with van der Waals surface area (Å²) in [6.07, 6.45) is 0. The predicted molar refractivity (Wildman–Crippen MR) is 113 cm³/mol. The first-order valence-corrected chi connectivity index (χ1v) is 9.80. The van der Waals surface area contributed by atoms with E-state index >= 15 is 0 Å². The molecule has 0 spiro atoms. The maximum absolute atomic E-state index is 12.5. The van der Waals surface area contributed by atoms with E-state index in [2.05, 4.69) is 16.4 Å². The van der Waals surface area contributed by atoms with Gasteiger partial charge in [-0.05, 0) is 55.7 Å². The number of hydrogen-bond acceptors (Lipinski definition) is 5. The molecule has 0 atom stereocenters. The highest BCUT2D eigenvalue weighted by Gasteiger charge is 2.14. The Labute approximate surface area is 168 Å². The molecule has 0 aliphatic heterocycles. The highest BCUT2D eigenvalue weighted by molar-refractivity contribution is 8.00. The number of carbonyl (C=O) groups excluding carboxylic acids is 1. The Hall–Kier alpha value is -3.04. The van der Waals surface area contributed by atoms with Gasteiger partial charge in [0.25, 0.3) is 0 Å². The van der Waals surface area contributed by atoms with Crippen molar-refractivity contribution in [1.82, 2.24) is 4.98 Å². The number of methoxy groups -OCH3 is 1. The van der Waals surface area contributed by atoms with Gasteiger partial charge in [-0.15, -0.1) is 0 Å². The van der Waals surface area contributed by atoms with Crippen molar-refractivity contribution in [3.05, 3.63) is 58.7 Å². The molecule has 28 heavy (non-hydrogen) atoms. The second kappa shape index (κ2) is 8.32. The van der Waals surface area contributed by atoms with Gasteiger partial charge in [0.2, 0.25) is 5.91 Å². The number of benzene rings is 2. The number of amides is 1. The Morgan fingerprint density at radius 2 is 1.93 bits per heavy atom. The number of thioether (sulfide) groups is 1. The molecular weight excluding hydrogens is 370 g/mol. The van der Waals surface area contributed by atoms with Crippen molar-refractivity contribution in [2.45, 2.75) is 25.8 Å². The summed E-state index contributed by atoms with van der Waals surface area (Å²) in [5.41, 5.74) is 5.12. The molecule has 0 fully saturated rings. The molecule has 3 aromatic rings. The molecule has 0 saturated carbocycles. The van der Waals surface area contributed by atoms with Crippen molar-refractivity contribution in [1.29, 1.82) is 5.26 Å². The maximum Gasteiger partial charge on any atom is 0.234 e. The Bertz CT molecular complexity index is 1100. The molecule has 0 saturated heterocycles. The number of ether oxygens (including phenoxy) is 1. The predicted octanol–water partition coefficient (Wildman–Crippen LogP) is 4.77. The smallest absolute Gasteiger partial charge is 0.234 e. The van der Waals surface area contributed by atoms with E-state index in [1.807, 2.05) is 57.2 Å². The molecule has 1 heterocycles. The quantitative estimate of drug-likeness (QED) is 0.634. The number of pyridine rings is 1. The molecule has 0 radical (unpaired) electrons. The van der Waals surface area contributed by atoms with Gasteiger partial charge in [-0.25, -0.2) is 4.98 Å². The molecular formula is C22H21N3O2S. The zero-order valence-corrected chi connectivity index (χ0v) is 17.1. The lowest BCUT2D eigenvalue weighted by molar-refractivity contribution is -0.113. The van der Waals surface area contributed by atoms with Crippen LogP contribution < -0.4 is 10.1 Å². The Morgan fingerprint density at radius 3 is 2.64 bits per heavy atom. The summed E-state index contributed by atoms with van der Waals surface area (Å²) in [6, 6.07) is 13.7. The van der Waals surface area contributed by atoms with E-state index in [0.29, 0.717) is 22.0 Å². The van der Waals surface area contributed by atoms with Crippen molar-refractivity contribution >= 4 is 34.3 Å². The van der Waals surface area contributed by atoms with E-state index in [4.69, 9.17) is 4.74 Å². The largest absolute Gasteiger partial charge is 0.495 e. The molecule has 1 amide bonds. The molecule has 0 bridgehead atoms. The highest BCUT2D eigenvalue weighted by atomic mass is 32.2. The number of aromatic nitrogens is 1. The van der Waals surface area contributed by atoms with Gasteiger partial charge in [-0.2, -0.15) is 5.26 Å². The molecule has 6 heteroatoms. The first kappa shape index (κ1) is 19.7. The number of hydrogen-bond donors (Lipinski definition) is 1. The normalized spacial score (nSPS) is 10.5. The molecule has 1 N–H and O–H groups in total. The number of nitriles is 1. The monoisotopic (exact) mass is 391 g/mol. The molecule has 5 nitrogen and oxygen atoms in total. The van der Waals surface area contributed by atoms with E-state index in [1.54, 1.807) is 7.11 Å². The Balaban J connectivity index is 1.82. The van der Waals surface area contributed by atoms with E-state index in [1.165, 1.54) is 11.8 Å². The van der Waals surface area contributed by atoms with Crippen LogP contribution in [-0.4, -0.2) is 23.8 Å². The lowest BCUT2D eigenvalue weighted by Gasteiger charge is -2.12. The fraction of sp³-hybridized carbons (Fsp3) is 0.227. The average molecular weight is 391 g/mol. The molecule has 3 rings (SSSR count). The Kier molecular flexibility index (Phi) is 5.86. The number of rotatable bonds is 5. The van der Waals surface area contributed by atoms with Crippen LogP contribution in [0.25, 0.3) is 10.9 Å². The minimum absolute atomic E-state index is 0.148. The first-order valence-electron chi connectivity index (χ1n) is 8.81. The van der Waals surface area contributed by atoms with Gasteiger partial charge < -0.3 is 10.1 Å². The van der Waals surface area contributed by atoms with Crippen molar-refractivity contribution < 1.29 is 9.53 Å². The van der Waals surface area contributed by atoms with E-state index < -0.39 is 0 Å². The number of nitrogens with one attached hydrogen (secondary N) is 1. The second-order valence-electron chi connectivity index (χ2n) is 6.59. The minimum atomic E-state index is -0.180. The van der Waals surface area contributed by atoms with Gasteiger partial charge >= 0.3 is 0 Å². The summed E-state index contributed by atoms with van der Waals surface area (Å²) in [6.45, 7) is 5.94. The summed E-state index contributed by atoms with van der Waals surface area (Å²) in [7, 11) is 1.57. The molecule has 142 valence electrons. The van der Waals surface area contributed by atoms with E-state index in [0.717, 1.165) is 27.6 Å². The standard InChI is InChI=1S/C22H21N3O2S/c1-13-5-8-19(27-4)18(9-13)24-20(26)12-28-22-16(11-23)10-17-14(2)6-7-15(3)21(17)25-22/h5-10H,12H2,1-4H3,(H,24,26). The van der Waals surface area contributed by atoms with Crippen LogP contribution in [0.15, 0.2) is 41.4 Å². The molecule has 1 aromatic heterocycles. The summed E-state index contributed by atoms with van der Waals surface area (Å²) < 4.78 is 5.30. The van der Waals surface area contributed by atoms with Crippen LogP contribution in [0.4, 0.5) is 5.69 Å². The molecule has 0 unspecified atom stereocenters. The van der Waals surface area contributed by atoms with Crippen molar-refractivity contribution in [3.8, 4) is 11.8 Å². The summed E-state index contributed by atoms with van der Waals surface area (Å²) in [4.78, 5) is 17.1. The number of aryl methyl sites for hydroxylation is 3. The van der Waals surface area contributed by atoms with Crippen LogP contribution in [0.3, 0.4) is 0 Å². The van der Waals surface area contributed by atoms with Crippen LogP contribution >= 0.6 is 11.8 Å². The SMILES string of the molecule is COc1ccc(C)cc1NC(=O)CSc1nc2c(C)ccc(C)c2cc1C#N. The lowest BCUT2D eigenvalue weighted by Crippen LogP contribution is -2.15. The van der Waals surface area contributed by atoms with Gasteiger partial charge in [0.15, 0.2) is 0 Å². The third-order valence-corrected chi connectivity index (χ3v) is 5.45. The Morgan fingerprint density at radius 1 is 1.18 bits per heavy atom. The van der Waals surface area contributed by atoms with Crippen molar-refractivity contribution in [3.63, 3.8) is 0 Å². The topological polar surface area (TPSA) is 75.0 Å². The fourth-order valence-corrected chi connectivity index (χ4v) is 3.70. The van der Waals surface area contributed by atoms with Gasteiger partial charge in [-0.1, -0.05) is 30.0 Å². The van der Waals surface area contributed by atoms with Gasteiger partial charge in [0.05, 0.1) is 29.6 Å².